The van der Waals surface area contributed by atoms with Gasteiger partial charge in [0.15, 0.2) is 5.96 Å². The maximum absolute atomic E-state index is 4.45. The number of rotatable bonds is 5. The van der Waals surface area contributed by atoms with E-state index in [2.05, 4.69) is 41.4 Å². The van der Waals surface area contributed by atoms with Crippen LogP contribution in [0.3, 0.4) is 0 Å². The van der Waals surface area contributed by atoms with Crippen molar-refractivity contribution in [3.8, 4) is 0 Å². The SMILES string of the molecule is CN=C(NCc1cnc(N(C)C)n1C)NC1CCCN(c2cnn(C)c2)C1.I. The topological polar surface area (TPSA) is 78.5 Å². The quantitative estimate of drug-likeness (QED) is 0.364. The van der Waals surface area contributed by atoms with Crippen LogP contribution in [-0.4, -0.2) is 65.6 Å². The molecule has 1 aliphatic heterocycles. The fourth-order valence-electron chi connectivity index (χ4n) is 3.48. The molecule has 10 heteroatoms. The van der Waals surface area contributed by atoms with Crippen LogP contribution in [0, 0.1) is 0 Å². The van der Waals surface area contributed by atoms with E-state index in [9.17, 15) is 0 Å². The molecule has 156 valence electrons. The zero-order valence-corrected chi connectivity index (χ0v) is 19.7. The van der Waals surface area contributed by atoms with Crippen molar-refractivity contribution in [1.82, 2.24) is 30.0 Å². The highest BCUT2D eigenvalue weighted by molar-refractivity contribution is 14.0. The van der Waals surface area contributed by atoms with Gasteiger partial charge < -0.3 is 25.0 Å². The zero-order chi connectivity index (χ0) is 19.4. The monoisotopic (exact) mass is 501 g/mol. The van der Waals surface area contributed by atoms with Crippen LogP contribution in [0.2, 0.25) is 0 Å². The number of imidazole rings is 1. The van der Waals surface area contributed by atoms with E-state index in [-0.39, 0.29) is 24.0 Å². The molecule has 1 saturated heterocycles. The normalized spacial score (nSPS) is 17.2. The molecule has 0 saturated carbocycles. The fourth-order valence-corrected chi connectivity index (χ4v) is 3.48. The maximum Gasteiger partial charge on any atom is 0.204 e. The first kappa shape index (κ1) is 22.3. The molecule has 0 aromatic carbocycles. The molecule has 1 fully saturated rings. The van der Waals surface area contributed by atoms with Gasteiger partial charge in [-0.3, -0.25) is 9.67 Å². The second kappa shape index (κ2) is 9.99. The zero-order valence-electron chi connectivity index (χ0n) is 17.4. The minimum atomic E-state index is 0. The summed E-state index contributed by atoms with van der Waals surface area (Å²) in [5, 5.41) is 11.3. The first-order chi connectivity index (χ1) is 13.0. The van der Waals surface area contributed by atoms with Crippen LogP contribution in [0.5, 0.6) is 0 Å². The third-order valence-corrected chi connectivity index (χ3v) is 4.94. The van der Waals surface area contributed by atoms with Gasteiger partial charge in [0.1, 0.15) is 0 Å². The Labute approximate surface area is 184 Å². The smallest absolute Gasteiger partial charge is 0.204 e. The van der Waals surface area contributed by atoms with Gasteiger partial charge in [0, 0.05) is 60.6 Å². The number of aromatic nitrogens is 4. The second-order valence-electron chi connectivity index (χ2n) is 7.23. The number of anilines is 2. The fraction of sp³-hybridized carbons (Fsp3) is 0.611. The predicted octanol–water partition coefficient (Wildman–Crippen LogP) is 1.17. The Bertz CT molecular complexity index is 780. The van der Waals surface area contributed by atoms with E-state index in [1.165, 1.54) is 5.69 Å². The number of hydrogen-bond acceptors (Lipinski definition) is 5. The molecule has 3 rings (SSSR count). The van der Waals surface area contributed by atoms with E-state index in [4.69, 9.17) is 0 Å². The Morgan fingerprint density at radius 2 is 2.11 bits per heavy atom. The van der Waals surface area contributed by atoms with Crippen molar-refractivity contribution in [2.24, 2.45) is 19.1 Å². The number of hydrogen-bond donors (Lipinski definition) is 2. The summed E-state index contributed by atoms with van der Waals surface area (Å²) in [5.74, 6) is 1.76. The molecule has 3 heterocycles. The molecule has 0 aliphatic carbocycles. The van der Waals surface area contributed by atoms with Gasteiger partial charge in [-0.2, -0.15) is 5.10 Å². The van der Waals surface area contributed by atoms with E-state index in [0.29, 0.717) is 12.6 Å². The number of aryl methyl sites for hydroxylation is 1. The van der Waals surface area contributed by atoms with E-state index in [1.807, 2.05) is 57.2 Å². The van der Waals surface area contributed by atoms with Crippen LogP contribution in [-0.2, 0) is 20.6 Å². The highest BCUT2D eigenvalue weighted by atomic mass is 127. The lowest BCUT2D eigenvalue weighted by Gasteiger charge is -2.34. The standard InChI is InChI=1S/C18H31N9.HI/c1-19-17(20-9-15-10-21-18(24(2)3)26(15)5)23-14-7-6-8-27(12-14)16-11-22-25(4)13-16;/h10-11,13-14H,6-9,12H2,1-5H3,(H2,19,20,23);1H. The summed E-state index contributed by atoms with van der Waals surface area (Å²) in [7, 11) is 9.79. The van der Waals surface area contributed by atoms with Crippen molar-refractivity contribution in [2.75, 3.05) is 44.0 Å². The lowest BCUT2D eigenvalue weighted by atomic mass is 10.1. The van der Waals surface area contributed by atoms with E-state index < -0.39 is 0 Å². The van der Waals surface area contributed by atoms with Crippen molar-refractivity contribution in [1.29, 1.82) is 0 Å². The largest absolute Gasteiger partial charge is 0.367 e. The van der Waals surface area contributed by atoms with Gasteiger partial charge in [0.25, 0.3) is 0 Å². The number of guanidine groups is 1. The van der Waals surface area contributed by atoms with Crippen LogP contribution in [0.25, 0.3) is 0 Å². The van der Waals surface area contributed by atoms with E-state index in [0.717, 1.165) is 43.5 Å². The minimum Gasteiger partial charge on any atom is -0.367 e. The number of halogens is 1. The first-order valence-electron chi connectivity index (χ1n) is 9.36. The summed E-state index contributed by atoms with van der Waals surface area (Å²) >= 11 is 0. The third-order valence-electron chi connectivity index (χ3n) is 4.94. The minimum absolute atomic E-state index is 0. The Morgan fingerprint density at radius 1 is 1.32 bits per heavy atom. The van der Waals surface area contributed by atoms with Crippen molar-refractivity contribution in [3.05, 3.63) is 24.3 Å². The predicted molar refractivity (Wildman–Crippen MR) is 125 cm³/mol. The molecule has 2 aromatic rings. The Hall–Kier alpha value is -1.98. The van der Waals surface area contributed by atoms with Crippen molar-refractivity contribution in [3.63, 3.8) is 0 Å². The van der Waals surface area contributed by atoms with Crippen LogP contribution in [0.1, 0.15) is 18.5 Å². The highest BCUT2D eigenvalue weighted by Gasteiger charge is 2.22. The van der Waals surface area contributed by atoms with Crippen LogP contribution >= 0.6 is 24.0 Å². The molecule has 2 aromatic heterocycles. The molecule has 0 amide bonds. The number of nitrogens with one attached hydrogen (secondary N) is 2. The summed E-state index contributed by atoms with van der Waals surface area (Å²) in [6.07, 6.45) is 8.19. The molecule has 0 bridgehead atoms. The van der Waals surface area contributed by atoms with Crippen LogP contribution < -0.4 is 20.4 Å². The van der Waals surface area contributed by atoms with Crippen molar-refractivity contribution >= 4 is 41.6 Å². The molecule has 2 N–H and O–H groups in total. The summed E-state index contributed by atoms with van der Waals surface area (Å²) in [5.41, 5.74) is 2.29. The molecule has 1 atom stereocenters. The Kier molecular flexibility index (Phi) is 7.96. The third kappa shape index (κ3) is 5.30. The Balaban J connectivity index is 0.00000280. The average molecular weight is 501 g/mol. The molecular weight excluding hydrogens is 469 g/mol. The van der Waals surface area contributed by atoms with Gasteiger partial charge >= 0.3 is 0 Å². The molecule has 9 nitrogen and oxygen atoms in total. The van der Waals surface area contributed by atoms with Crippen molar-refractivity contribution in [2.45, 2.75) is 25.4 Å². The molecule has 28 heavy (non-hydrogen) atoms. The second-order valence-corrected chi connectivity index (χ2v) is 7.23. The summed E-state index contributed by atoms with van der Waals surface area (Å²) in [6.45, 7) is 2.69. The molecule has 1 unspecified atom stereocenters. The molecular formula is C18H32IN9. The maximum atomic E-state index is 4.45. The van der Waals surface area contributed by atoms with E-state index >= 15 is 0 Å². The van der Waals surface area contributed by atoms with Crippen LogP contribution in [0.15, 0.2) is 23.6 Å². The number of piperidine rings is 1. The number of aliphatic imine (C=N–C) groups is 1. The van der Waals surface area contributed by atoms with Gasteiger partial charge in [0.05, 0.1) is 30.3 Å². The van der Waals surface area contributed by atoms with Crippen LogP contribution in [0.4, 0.5) is 11.6 Å². The summed E-state index contributed by atoms with van der Waals surface area (Å²) < 4.78 is 3.94. The van der Waals surface area contributed by atoms with Gasteiger partial charge in [-0.15, -0.1) is 24.0 Å². The average Bonchev–Trinajstić information content (AvgIpc) is 3.25. The lowest BCUT2D eigenvalue weighted by molar-refractivity contribution is 0.467. The highest BCUT2D eigenvalue weighted by Crippen LogP contribution is 2.19. The molecule has 1 aliphatic rings. The van der Waals surface area contributed by atoms with Crippen molar-refractivity contribution < 1.29 is 0 Å². The molecule has 0 radical (unpaired) electrons. The van der Waals surface area contributed by atoms with E-state index in [1.54, 1.807) is 0 Å². The van der Waals surface area contributed by atoms with Gasteiger partial charge in [-0.1, -0.05) is 0 Å². The van der Waals surface area contributed by atoms with Gasteiger partial charge in [0.2, 0.25) is 5.95 Å². The summed E-state index contributed by atoms with van der Waals surface area (Å²) in [6, 6.07) is 0.356. The molecule has 0 spiro atoms. The first-order valence-corrected chi connectivity index (χ1v) is 9.36. The number of nitrogens with zero attached hydrogens (tertiary/aromatic N) is 7. The Morgan fingerprint density at radius 3 is 2.71 bits per heavy atom. The lowest BCUT2D eigenvalue weighted by Crippen LogP contribution is -2.51. The summed E-state index contributed by atoms with van der Waals surface area (Å²) in [4.78, 5) is 13.2. The van der Waals surface area contributed by atoms with Gasteiger partial charge in [-0.05, 0) is 12.8 Å². The van der Waals surface area contributed by atoms with Gasteiger partial charge in [-0.25, -0.2) is 4.98 Å².